The number of alkyl halides is 3. The molecule has 2 aliphatic rings. The van der Waals surface area contributed by atoms with E-state index in [9.17, 15) is 13.2 Å². The van der Waals surface area contributed by atoms with Crippen LogP contribution in [0.4, 0.5) is 13.2 Å². The van der Waals surface area contributed by atoms with E-state index in [4.69, 9.17) is 0 Å². The average molecular weight is 351 g/mol. The molecule has 1 saturated heterocycles. The predicted octanol–water partition coefficient (Wildman–Crippen LogP) is 3.75. The highest BCUT2D eigenvalue weighted by atomic mass is 35.5. The van der Waals surface area contributed by atoms with E-state index in [-0.39, 0.29) is 24.2 Å². The molecule has 1 aromatic rings. The highest BCUT2D eigenvalue weighted by Gasteiger charge is 2.35. The van der Waals surface area contributed by atoms with E-state index < -0.39 is 6.36 Å². The molecule has 0 unspecified atom stereocenters. The summed E-state index contributed by atoms with van der Waals surface area (Å²) in [6.45, 7) is 3.74. The van der Waals surface area contributed by atoms with Crippen molar-refractivity contribution in [3.8, 4) is 5.75 Å². The van der Waals surface area contributed by atoms with Gasteiger partial charge in [0.05, 0.1) is 0 Å². The maximum absolute atomic E-state index is 12.4. The molecule has 3 nitrogen and oxygen atoms in total. The molecule has 1 aliphatic heterocycles. The van der Waals surface area contributed by atoms with E-state index >= 15 is 0 Å². The summed E-state index contributed by atoms with van der Waals surface area (Å²) >= 11 is 0. The normalized spacial score (nSPS) is 21.2. The summed E-state index contributed by atoms with van der Waals surface area (Å²) in [4.78, 5) is 2.40. The first-order valence-corrected chi connectivity index (χ1v) is 7.83. The predicted molar refractivity (Wildman–Crippen MR) is 84.9 cm³/mol. The van der Waals surface area contributed by atoms with Gasteiger partial charge in [0, 0.05) is 32.2 Å². The van der Waals surface area contributed by atoms with E-state index in [2.05, 4.69) is 15.0 Å². The van der Waals surface area contributed by atoms with Gasteiger partial charge in [0.25, 0.3) is 0 Å². The van der Waals surface area contributed by atoms with Crippen LogP contribution in [0.1, 0.15) is 30.9 Å². The van der Waals surface area contributed by atoms with Gasteiger partial charge in [0.15, 0.2) is 0 Å². The van der Waals surface area contributed by atoms with Gasteiger partial charge in [-0.25, -0.2) is 0 Å². The van der Waals surface area contributed by atoms with Crippen LogP contribution in [-0.2, 0) is 0 Å². The quantitative estimate of drug-likeness (QED) is 0.895. The third-order valence-corrected chi connectivity index (χ3v) is 4.57. The molecular weight excluding hydrogens is 329 g/mol. The third-order valence-electron chi connectivity index (χ3n) is 4.57. The standard InChI is InChI=1S/C16H21F3N2O.ClH/c17-16(18,19)22-14-6-2-5-13(11-14)15(12-3-1-4-12)21-9-7-20-8-10-21;/h2,5-6,11-12,15,20H,1,3-4,7-10H2;1H/t15-;/m1./s1. The summed E-state index contributed by atoms with van der Waals surface area (Å²) in [7, 11) is 0. The molecule has 0 bridgehead atoms. The van der Waals surface area contributed by atoms with Crippen molar-refractivity contribution in [2.45, 2.75) is 31.7 Å². The number of ether oxygens (including phenoxy) is 1. The topological polar surface area (TPSA) is 24.5 Å². The molecule has 0 aromatic heterocycles. The van der Waals surface area contributed by atoms with E-state index in [1.807, 2.05) is 6.07 Å². The summed E-state index contributed by atoms with van der Waals surface area (Å²) in [5.41, 5.74) is 0.938. The number of rotatable bonds is 4. The molecule has 0 amide bonds. The fourth-order valence-corrected chi connectivity index (χ4v) is 3.39. The molecule has 0 spiro atoms. The van der Waals surface area contributed by atoms with Crippen LogP contribution in [0.2, 0.25) is 0 Å². The van der Waals surface area contributed by atoms with E-state index in [0.29, 0.717) is 5.92 Å². The van der Waals surface area contributed by atoms with E-state index in [1.165, 1.54) is 12.5 Å². The van der Waals surface area contributed by atoms with Crippen molar-refractivity contribution in [1.82, 2.24) is 10.2 Å². The Bertz CT molecular complexity index is 502. The zero-order chi connectivity index (χ0) is 15.6. The van der Waals surface area contributed by atoms with Crippen molar-refractivity contribution in [3.05, 3.63) is 29.8 Å². The van der Waals surface area contributed by atoms with Gasteiger partial charge in [0.2, 0.25) is 0 Å². The lowest BCUT2D eigenvalue weighted by atomic mass is 9.76. The number of piperazine rings is 1. The molecule has 2 fully saturated rings. The van der Waals surface area contributed by atoms with Crippen LogP contribution in [-0.4, -0.2) is 37.4 Å². The van der Waals surface area contributed by atoms with Crippen molar-refractivity contribution in [2.75, 3.05) is 26.2 Å². The summed E-state index contributed by atoms with van der Waals surface area (Å²) in [5, 5.41) is 3.32. The Labute approximate surface area is 140 Å². The van der Waals surface area contributed by atoms with Gasteiger partial charge in [0.1, 0.15) is 5.75 Å². The van der Waals surface area contributed by atoms with Crippen molar-refractivity contribution in [1.29, 1.82) is 0 Å². The molecular formula is C16H22ClF3N2O. The van der Waals surface area contributed by atoms with Crippen molar-refractivity contribution >= 4 is 12.4 Å². The van der Waals surface area contributed by atoms with Crippen LogP contribution >= 0.6 is 12.4 Å². The van der Waals surface area contributed by atoms with Gasteiger partial charge >= 0.3 is 6.36 Å². The van der Waals surface area contributed by atoms with E-state index in [0.717, 1.165) is 44.6 Å². The van der Waals surface area contributed by atoms with Gasteiger partial charge < -0.3 is 10.1 Å². The lowest BCUT2D eigenvalue weighted by Gasteiger charge is -2.43. The van der Waals surface area contributed by atoms with Crippen LogP contribution in [0.25, 0.3) is 0 Å². The summed E-state index contributed by atoms with van der Waals surface area (Å²) in [6, 6.07) is 6.71. The Kier molecular flexibility index (Phi) is 6.17. The molecule has 130 valence electrons. The first kappa shape index (κ1) is 18.4. The summed E-state index contributed by atoms with van der Waals surface area (Å²) in [5.74, 6) is 0.420. The molecule has 1 aromatic carbocycles. The smallest absolute Gasteiger partial charge is 0.406 e. The number of hydrogen-bond acceptors (Lipinski definition) is 3. The monoisotopic (exact) mass is 350 g/mol. The zero-order valence-electron chi connectivity index (χ0n) is 12.8. The largest absolute Gasteiger partial charge is 0.573 e. The number of halogens is 4. The fourth-order valence-electron chi connectivity index (χ4n) is 3.39. The Morgan fingerprint density at radius 3 is 2.43 bits per heavy atom. The number of nitrogens with zero attached hydrogens (tertiary/aromatic N) is 1. The van der Waals surface area contributed by atoms with Crippen LogP contribution in [0.5, 0.6) is 5.75 Å². The number of hydrogen-bond donors (Lipinski definition) is 1. The lowest BCUT2D eigenvalue weighted by Crippen LogP contribution is -2.47. The maximum Gasteiger partial charge on any atom is 0.573 e. The number of nitrogens with one attached hydrogen (secondary N) is 1. The van der Waals surface area contributed by atoms with Gasteiger partial charge in [-0.15, -0.1) is 25.6 Å². The first-order valence-electron chi connectivity index (χ1n) is 7.83. The zero-order valence-corrected chi connectivity index (χ0v) is 13.6. The molecule has 0 radical (unpaired) electrons. The molecule has 1 aliphatic carbocycles. The minimum atomic E-state index is -4.64. The maximum atomic E-state index is 12.4. The van der Waals surface area contributed by atoms with Gasteiger partial charge in [-0.2, -0.15) is 0 Å². The molecule has 1 saturated carbocycles. The number of benzene rings is 1. The van der Waals surface area contributed by atoms with Crippen LogP contribution in [0.3, 0.4) is 0 Å². The fraction of sp³-hybridized carbons (Fsp3) is 0.625. The van der Waals surface area contributed by atoms with Crippen molar-refractivity contribution in [2.24, 2.45) is 5.92 Å². The third kappa shape index (κ3) is 4.75. The highest BCUT2D eigenvalue weighted by molar-refractivity contribution is 5.85. The van der Waals surface area contributed by atoms with Crippen LogP contribution in [0.15, 0.2) is 24.3 Å². The van der Waals surface area contributed by atoms with E-state index in [1.54, 1.807) is 12.1 Å². The highest BCUT2D eigenvalue weighted by Crippen LogP contribution is 2.42. The van der Waals surface area contributed by atoms with Gasteiger partial charge in [-0.1, -0.05) is 18.6 Å². The van der Waals surface area contributed by atoms with Crippen molar-refractivity contribution in [3.63, 3.8) is 0 Å². The minimum absolute atomic E-state index is 0. The SMILES string of the molecule is Cl.FC(F)(F)Oc1cccc([C@@H](C2CCC2)N2CCNCC2)c1. The summed E-state index contributed by atoms with van der Waals surface area (Å²) < 4.78 is 41.4. The molecule has 1 atom stereocenters. The second kappa shape index (κ2) is 7.73. The van der Waals surface area contributed by atoms with Crippen molar-refractivity contribution < 1.29 is 17.9 Å². The van der Waals surface area contributed by atoms with Crippen LogP contribution < -0.4 is 10.1 Å². The Morgan fingerprint density at radius 2 is 1.87 bits per heavy atom. The van der Waals surface area contributed by atoms with Gasteiger partial charge in [-0.3, -0.25) is 4.90 Å². The van der Waals surface area contributed by atoms with Gasteiger partial charge in [-0.05, 0) is 36.5 Å². The lowest BCUT2D eigenvalue weighted by molar-refractivity contribution is -0.274. The molecule has 1 N–H and O–H groups in total. The Morgan fingerprint density at radius 1 is 1.17 bits per heavy atom. The first-order chi connectivity index (χ1) is 10.5. The Hall–Kier alpha value is -0.980. The molecule has 3 rings (SSSR count). The molecule has 1 heterocycles. The average Bonchev–Trinajstić information content (AvgIpc) is 2.42. The molecule has 23 heavy (non-hydrogen) atoms. The van der Waals surface area contributed by atoms with Crippen LogP contribution in [0, 0.1) is 5.92 Å². The minimum Gasteiger partial charge on any atom is -0.406 e. The second-order valence-corrected chi connectivity index (χ2v) is 6.04. The molecule has 7 heteroatoms. The second-order valence-electron chi connectivity index (χ2n) is 6.04. The summed E-state index contributed by atoms with van der Waals surface area (Å²) in [6.07, 6.45) is -1.12. The Balaban J connectivity index is 0.00000192.